The number of nitrogens with one attached hydrogen (secondary N) is 2. The molecule has 0 aliphatic rings. The molecule has 6 nitrogen and oxygen atoms in total. The summed E-state index contributed by atoms with van der Waals surface area (Å²) >= 11 is 0. The van der Waals surface area contributed by atoms with E-state index in [-0.39, 0.29) is 11.5 Å². The Balaban J connectivity index is 1.66. The molecule has 138 valence electrons. The number of carbonyl (C=O) groups is 1. The summed E-state index contributed by atoms with van der Waals surface area (Å²) < 4.78 is 0. The number of anilines is 1. The van der Waals surface area contributed by atoms with Gasteiger partial charge in [0.25, 0.3) is 11.5 Å². The fraction of sp³-hybridized carbons (Fsp3) is 0.0455. The lowest BCUT2D eigenvalue weighted by atomic mass is 10.0. The smallest absolute Gasteiger partial charge is 0.272 e. The average molecular weight is 370 g/mol. The summed E-state index contributed by atoms with van der Waals surface area (Å²) in [5.74, 6) is -0.208. The summed E-state index contributed by atoms with van der Waals surface area (Å²) in [6.07, 6.45) is 0. The molecule has 4 N–H and O–H groups in total. The average Bonchev–Trinajstić information content (AvgIpc) is 2.74. The number of hydrogen-bond donors (Lipinski definition) is 3. The molecule has 1 amide bonds. The van der Waals surface area contributed by atoms with Crippen LogP contribution in [0.25, 0.3) is 22.0 Å². The molecule has 0 saturated carbocycles. The van der Waals surface area contributed by atoms with E-state index in [2.05, 4.69) is 15.5 Å². The Morgan fingerprint density at radius 3 is 2.46 bits per heavy atom. The van der Waals surface area contributed by atoms with E-state index < -0.39 is 0 Å². The zero-order valence-corrected chi connectivity index (χ0v) is 15.0. The van der Waals surface area contributed by atoms with E-state index in [9.17, 15) is 9.59 Å². The second-order valence-corrected chi connectivity index (χ2v) is 6.38. The van der Waals surface area contributed by atoms with Crippen molar-refractivity contribution in [2.45, 2.75) is 6.54 Å². The summed E-state index contributed by atoms with van der Waals surface area (Å²) in [5.41, 5.74) is 8.97. The van der Waals surface area contributed by atoms with Gasteiger partial charge in [-0.3, -0.25) is 9.59 Å². The van der Waals surface area contributed by atoms with Crippen molar-refractivity contribution in [2.24, 2.45) is 5.73 Å². The zero-order chi connectivity index (χ0) is 19.5. The number of carbonyl (C=O) groups excluding carboxylic acids is 1. The number of hydrogen-bond acceptors (Lipinski definition) is 4. The first-order valence-corrected chi connectivity index (χ1v) is 8.84. The van der Waals surface area contributed by atoms with E-state index in [0.717, 1.165) is 16.5 Å². The van der Waals surface area contributed by atoms with Crippen molar-refractivity contribution in [3.63, 3.8) is 0 Å². The number of benzene rings is 3. The molecule has 0 unspecified atom stereocenters. The Morgan fingerprint density at radius 1 is 0.964 bits per heavy atom. The molecule has 28 heavy (non-hydrogen) atoms. The van der Waals surface area contributed by atoms with Gasteiger partial charge in [-0.15, -0.1) is 0 Å². The van der Waals surface area contributed by atoms with E-state index in [1.165, 1.54) is 0 Å². The highest BCUT2D eigenvalue weighted by Crippen LogP contribution is 2.26. The normalized spacial score (nSPS) is 10.8. The zero-order valence-electron chi connectivity index (χ0n) is 15.0. The molecule has 0 radical (unpaired) electrons. The van der Waals surface area contributed by atoms with Gasteiger partial charge in [0, 0.05) is 28.7 Å². The van der Waals surface area contributed by atoms with Gasteiger partial charge in [0.2, 0.25) is 0 Å². The molecule has 1 aromatic heterocycles. The standard InChI is InChI=1S/C22H18N4O2/c23-13-14-8-10-15(11-9-14)21(27)24-17-5-3-4-16(12-17)20-18-6-1-2-7-19(18)22(28)26-25-20/h1-12H,13,23H2,(H,24,27)(H,26,28). The molecule has 0 fully saturated rings. The van der Waals surface area contributed by atoms with Crippen LogP contribution in [0.2, 0.25) is 0 Å². The fourth-order valence-electron chi connectivity index (χ4n) is 3.07. The summed E-state index contributed by atoms with van der Waals surface area (Å²) in [6.45, 7) is 0.435. The quantitative estimate of drug-likeness (QED) is 0.513. The Hall–Kier alpha value is -3.77. The van der Waals surface area contributed by atoms with Crippen molar-refractivity contribution in [1.29, 1.82) is 0 Å². The van der Waals surface area contributed by atoms with Crippen LogP contribution in [0.5, 0.6) is 0 Å². The lowest BCUT2D eigenvalue weighted by Gasteiger charge is -2.09. The first-order valence-electron chi connectivity index (χ1n) is 8.84. The lowest BCUT2D eigenvalue weighted by Crippen LogP contribution is -2.12. The predicted molar refractivity (Wildman–Crippen MR) is 110 cm³/mol. The molecule has 0 atom stereocenters. The Bertz CT molecular complexity index is 1210. The minimum atomic E-state index is -0.232. The second-order valence-electron chi connectivity index (χ2n) is 6.38. The van der Waals surface area contributed by atoms with Gasteiger partial charge < -0.3 is 11.1 Å². The molecule has 6 heteroatoms. The monoisotopic (exact) mass is 370 g/mol. The van der Waals surface area contributed by atoms with Gasteiger partial charge in [0.15, 0.2) is 0 Å². The van der Waals surface area contributed by atoms with E-state index in [1.54, 1.807) is 18.2 Å². The highest BCUT2D eigenvalue weighted by molar-refractivity contribution is 6.04. The van der Waals surface area contributed by atoms with Crippen molar-refractivity contribution >= 4 is 22.4 Å². The SMILES string of the molecule is NCc1ccc(C(=O)Nc2cccc(-c3n[nH]c(=O)c4ccccc34)c2)cc1. The first kappa shape index (κ1) is 17.6. The summed E-state index contributed by atoms with van der Waals surface area (Å²) in [4.78, 5) is 24.5. The van der Waals surface area contributed by atoms with Crippen LogP contribution >= 0.6 is 0 Å². The van der Waals surface area contributed by atoms with E-state index >= 15 is 0 Å². The Kier molecular flexibility index (Phi) is 4.70. The van der Waals surface area contributed by atoms with Gasteiger partial charge in [-0.05, 0) is 35.9 Å². The maximum absolute atomic E-state index is 12.5. The second kappa shape index (κ2) is 7.46. The van der Waals surface area contributed by atoms with Gasteiger partial charge in [-0.1, -0.05) is 42.5 Å². The largest absolute Gasteiger partial charge is 0.326 e. The number of aromatic amines is 1. The molecule has 0 saturated heterocycles. The molecule has 4 aromatic rings. The molecule has 0 aliphatic heterocycles. The molecule has 3 aromatic carbocycles. The minimum absolute atomic E-state index is 0.208. The number of amides is 1. The van der Waals surface area contributed by atoms with Crippen LogP contribution < -0.4 is 16.6 Å². The molecule has 0 aliphatic carbocycles. The highest BCUT2D eigenvalue weighted by atomic mass is 16.1. The van der Waals surface area contributed by atoms with Gasteiger partial charge in [-0.2, -0.15) is 5.10 Å². The van der Waals surface area contributed by atoms with Crippen LogP contribution in [-0.4, -0.2) is 16.1 Å². The maximum atomic E-state index is 12.5. The van der Waals surface area contributed by atoms with Crippen molar-refractivity contribution < 1.29 is 4.79 Å². The maximum Gasteiger partial charge on any atom is 0.272 e. The van der Waals surface area contributed by atoms with Crippen LogP contribution in [-0.2, 0) is 6.54 Å². The van der Waals surface area contributed by atoms with Gasteiger partial charge >= 0.3 is 0 Å². The van der Waals surface area contributed by atoms with Crippen molar-refractivity contribution in [2.75, 3.05) is 5.32 Å². The third-order valence-electron chi connectivity index (χ3n) is 4.54. The predicted octanol–water partition coefficient (Wildman–Crippen LogP) is 3.30. The number of aromatic nitrogens is 2. The van der Waals surface area contributed by atoms with Crippen LogP contribution in [0.1, 0.15) is 15.9 Å². The van der Waals surface area contributed by atoms with Crippen molar-refractivity contribution in [3.05, 3.63) is 94.3 Å². The van der Waals surface area contributed by atoms with Crippen LogP contribution in [0.3, 0.4) is 0 Å². The number of nitrogens with two attached hydrogens (primary N) is 1. The number of H-pyrrole nitrogens is 1. The van der Waals surface area contributed by atoms with Crippen molar-refractivity contribution in [1.82, 2.24) is 10.2 Å². The number of rotatable bonds is 4. The van der Waals surface area contributed by atoms with Crippen molar-refractivity contribution in [3.8, 4) is 11.3 Å². The van der Waals surface area contributed by atoms with Gasteiger partial charge in [0.05, 0.1) is 11.1 Å². The molecule has 4 rings (SSSR count). The molecular formula is C22H18N4O2. The van der Waals surface area contributed by atoms with Gasteiger partial charge in [0.1, 0.15) is 0 Å². The molecule has 0 bridgehead atoms. The van der Waals surface area contributed by atoms with E-state index in [4.69, 9.17) is 5.73 Å². The summed E-state index contributed by atoms with van der Waals surface area (Å²) in [5, 5.41) is 11.0. The Labute approximate surface area is 161 Å². The van der Waals surface area contributed by atoms with Gasteiger partial charge in [-0.25, -0.2) is 5.10 Å². The molecule has 0 spiro atoms. The minimum Gasteiger partial charge on any atom is -0.326 e. The van der Waals surface area contributed by atoms with Crippen LogP contribution in [0.4, 0.5) is 5.69 Å². The van der Waals surface area contributed by atoms with Crippen LogP contribution in [0, 0.1) is 0 Å². The third-order valence-corrected chi connectivity index (χ3v) is 4.54. The summed E-state index contributed by atoms with van der Waals surface area (Å²) in [7, 11) is 0. The molecular weight excluding hydrogens is 352 g/mol. The van der Waals surface area contributed by atoms with Crippen LogP contribution in [0.15, 0.2) is 77.6 Å². The highest BCUT2D eigenvalue weighted by Gasteiger charge is 2.10. The lowest BCUT2D eigenvalue weighted by molar-refractivity contribution is 0.102. The summed E-state index contributed by atoms with van der Waals surface area (Å²) in [6, 6.07) is 21.8. The third kappa shape index (κ3) is 3.41. The topological polar surface area (TPSA) is 101 Å². The fourth-order valence-corrected chi connectivity index (χ4v) is 3.07. The number of fused-ring (bicyclic) bond motifs is 1. The number of nitrogens with zero attached hydrogens (tertiary/aromatic N) is 1. The first-order chi connectivity index (χ1) is 13.7. The van der Waals surface area contributed by atoms with E-state index in [0.29, 0.717) is 28.9 Å². The Morgan fingerprint density at radius 2 is 1.71 bits per heavy atom. The molecule has 1 heterocycles. The van der Waals surface area contributed by atoms with E-state index in [1.807, 2.05) is 54.6 Å².